The number of rotatable bonds is 3. The van der Waals surface area contributed by atoms with Crippen LogP contribution in [-0.2, 0) is 11.2 Å². The summed E-state index contributed by atoms with van der Waals surface area (Å²) >= 11 is 0. The average molecular weight is 299 g/mol. The Bertz CT molecular complexity index is 738. The maximum atomic E-state index is 12.3. The molecule has 1 aliphatic heterocycles. The van der Waals surface area contributed by atoms with Crippen molar-refractivity contribution in [2.24, 2.45) is 0 Å². The maximum absolute atomic E-state index is 12.3. The van der Waals surface area contributed by atoms with Crippen LogP contribution in [0.2, 0.25) is 0 Å². The molecule has 2 heterocycles. The smallest absolute Gasteiger partial charge is 0.258 e. The molecule has 1 amide bonds. The second-order valence-corrected chi connectivity index (χ2v) is 5.96. The lowest BCUT2D eigenvalue weighted by Crippen LogP contribution is -2.42. The summed E-state index contributed by atoms with van der Waals surface area (Å²) in [5, 5.41) is 0.585. The molecule has 1 unspecified atom stereocenters. The monoisotopic (exact) mass is 299 g/mol. The molecule has 0 aliphatic carbocycles. The van der Waals surface area contributed by atoms with Gasteiger partial charge in [-0.15, -0.1) is 0 Å². The van der Waals surface area contributed by atoms with E-state index in [1.807, 2.05) is 23.1 Å². The number of carbonyl (C=O) groups excluding carboxylic acids is 1. The zero-order chi connectivity index (χ0) is 15.5. The first-order valence-electron chi connectivity index (χ1n) is 7.92. The van der Waals surface area contributed by atoms with Crippen LogP contribution in [0.5, 0.6) is 0 Å². The third kappa shape index (κ3) is 3.03. The average Bonchev–Trinajstić information content (AvgIpc) is 2.53. The molecular weight excluding hydrogens is 278 g/mol. The van der Waals surface area contributed by atoms with Crippen LogP contribution in [0.3, 0.4) is 0 Å². The molecule has 0 spiro atoms. The van der Waals surface area contributed by atoms with Crippen molar-refractivity contribution >= 4 is 16.8 Å². The van der Waals surface area contributed by atoms with Crippen molar-refractivity contribution in [2.75, 3.05) is 6.54 Å². The van der Waals surface area contributed by atoms with Crippen molar-refractivity contribution in [1.29, 1.82) is 0 Å². The van der Waals surface area contributed by atoms with E-state index in [0.29, 0.717) is 35.6 Å². The fraction of sp³-hybridized carbons (Fsp3) is 0.471. The molecule has 2 aromatic rings. The van der Waals surface area contributed by atoms with Gasteiger partial charge in [0.05, 0.1) is 10.9 Å². The normalized spacial score (nSPS) is 18.6. The summed E-state index contributed by atoms with van der Waals surface area (Å²) < 4.78 is 0. The third-order valence-corrected chi connectivity index (χ3v) is 4.36. The Morgan fingerprint density at radius 3 is 3.00 bits per heavy atom. The molecule has 22 heavy (non-hydrogen) atoms. The minimum absolute atomic E-state index is 0.139. The maximum Gasteiger partial charge on any atom is 0.258 e. The van der Waals surface area contributed by atoms with E-state index in [4.69, 9.17) is 0 Å². The summed E-state index contributed by atoms with van der Waals surface area (Å²) in [4.78, 5) is 33.5. The molecule has 1 N–H and O–H groups in total. The number of amides is 1. The molecule has 116 valence electrons. The van der Waals surface area contributed by atoms with E-state index in [2.05, 4.69) is 16.9 Å². The number of H-pyrrole nitrogens is 1. The van der Waals surface area contributed by atoms with Crippen LogP contribution in [0.25, 0.3) is 10.9 Å². The third-order valence-electron chi connectivity index (χ3n) is 4.36. The van der Waals surface area contributed by atoms with Crippen LogP contribution in [0.1, 0.15) is 38.4 Å². The van der Waals surface area contributed by atoms with E-state index in [1.165, 1.54) is 6.42 Å². The lowest BCUT2D eigenvalue weighted by Gasteiger charge is -2.33. The van der Waals surface area contributed by atoms with Crippen molar-refractivity contribution in [3.8, 4) is 0 Å². The molecule has 5 nitrogen and oxygen atoms in total. The number of aromatic nitrogens is 2. The summed E-state index contributed by atoms with van der Waals surface area (Å²) in [5.74, 6) is 0.740. The highest BCUT2D eigenvalue weighted by atomic mass is 16.2. The molecular formula is C17H21N3O2. The van der Waals surface area contributed by atoms with E-state index < -0.39 is 0 Å². The Morgan fingerprint density at radius 1 is 1.36 bits per heavy atom. The highest BCUT2D eigenvalue weighted by molar-refractivity contribution is 5.78. The van der Waals surface area contributed by atoms with E-state index in [1.54, 1.807) is 6.07 Å². The molecule has 1 aromatic carbocycles. The summed E-state index contributed by atoms with van der Waals surface area (Å²) in [6.07, 6.45) is 4.23. The number of aromatic amines is 1. The van der Waals surface area contributed by atoms with Gasteiger partial charge in [0.25, 0.3) is 5.56 Å². The van der Waals surface area contributed by atoms with Crippen molar-refractivity contribution < 1.29 is 4.79 Å². The molecule has 1 atom stereocenters. The van der Waals surface area contributed by atoms with E-state index in [-0.39, 0.29) is 11.5 Å². The molecule has 0 saturated carbocycles. The molecule has 1 aliphatic rings. The van der Waals surface area contributed by atoms with Gasteiger partial charge in [-0.05, 0) is 38.3 Å². The molecule has 5 heteroatoms. The quantitative estimate of drug-likeness (QED) is 0.945. The van der Waals surface area contributed by atoms with E-state index >= 15 is 0 Å². The first-order chi connectivity index (χ1) is 10.6. The van der Waals surface area contributed by atoms with Gasteiger partial charge >= 0.3 is 0 Å². The van der Waals surface area contributed by atoms with Crippen molar-refractivity contribution in [3.05, 3.63) is 40.4 Å². The van der Waals surface area contributed by atoms with Crippen LogP contribution < -0.4 is 5.56 Å². The van der Waals surface area contributed by atoms with Gasteiger partial charge in [0, 0.05) is 25.4 Å². The van der Waals surface area contributed by atoms with Gasteiger partial charge in [-0.25, -0.2) is 4.98 Å². The summed E-state index contributed by atoms with van der Waals surface area (Å²) in [6.45, 7) is 2.95. The Balaban J connectivity index is 1.71. The molecule has 0 bridgehead atoms. The standard InChI is InChI=1S/C17H21N3O2/c1-12-6-4-5-11-20(12)16(21)10-9-15-18-14-8-3-2-7-13(14)17(22)19-15/h2-3,7-8,12H,4-6,9-11H2,1H3,(H,18,19,22). The predicted molar refractivity (Wildman–Crippen MR) is 85.7 cm³/mol. The first-order valence-corrected chi connectivity index (χ1v) is 7.92. The van der Waals surface area contributed by atoms with Gasteiger partial charge in [-0.3, -0.25) is 9.59 Å². The van der Waals surface area contributed by atoms with Crippen LogP contribution in [-0.4, -0.2) is 33.4 Å². The number of hydrogen-bond acceptors (Lipinski definition) is 3. The Kier molecular flexibility index (Phi) is 4.22. The van der Waals surface area contributed by atoms with Crippen LogP contribution in [0, 0.1) is 0 Å². The van der Waals surface area contributed by atoms with Crippen LogP contribution in [0.4, 0.5) is 0 Å². The Morgan fingerprint density at radius 2 is 2.18 bits per heavy atom. The number of likely N-dealkylation sites (tertiary alicyclic amines) is 1. The Hall–Kier alpha value is -2.17. The van der Waals surface area contributed by atoms with Crippen molar-refractivity contribution in [1.82, 2.24) is 14.9 Å². The first kappa shape index (κ1) is 14.8. The summed E-state index contributed by atoms with van der Waals surface area (Å²) in [5.41, 5.74) is 0.541. The van der Waals surface area contributed by atoms with Gasteiger partial charge < -0.3 is 9.88 Å². The topological polar surface area (TPSA) is 66.1 Å². The number of hydrogen-bond donors (Lipinski definition) is 1. The van der Waals surface area contributed by atoms with Gasteiger partial charge in [-0.1, -0.05) is 12.1 Å². The summed E-state index contributed by atoms with van der Waals surface area (Å²) in [7, 11) is 0. The number of aryl methyl sites for hydroxylation is 1. The number of para-hydroxylation sites is 1. The number of nitrogens with zero attached hydrogens (tertiary/aromatic N) is 2. The highest BCUT2D eigenvalue weighted by Crippen LogP contribution is 2.17. The predicted octanol–water partition coefficient (Wildman–Crippen LogP) is 2.26. The molecule has 1 aromatic heterocycles. The minimum Gasteiger partial charge on any atom is -0.340 e. The van der Waals surface area contributed by atoms with E-state index in [0.717, 1.165) is 19.4 Å². The lowest BCUT2D eigenvalue weighted by atomic mass is 10.0. The summed E-state index contributed by atoms with van der Waals surface area (Å²) in [6, 6.07) is 7.58. The fourth-order valence-corrected chi connectivity index (χ4v) is 3.09. The highest BCUT2D eigenvalue weighted by Gasteiger charge is 2.22. The number of fused-ring (bicyclic) bond motifs is 1. The number of nitrogens with one attached hydrogen (secondary N) is 1. The largest absolute Gasteiger partial charge is 0.340 e. The zero-order valence-electron chi connectivity index (χ0n) is 12.8. The zero-order valence-corrected chi connectivity index (χ0v) is 12.8. The van der Waals surface area contributed by atoms with Gasteiger partial charge in [0.1, 0.15) is 5.82 Å². The minimum atomic E-state index is -0.139. The molecule has 3 rings (SSSR count). The van der Waals surface area contributed by atoms with Gasteiger partial charge in [-0.2, -0.15) is 0 Å². The van der Waals surface area contributed by atoms with Crippen LogP contribution in [0.15, 0.2) is 29.1 Å². The number of piperidine rings is 1. The molecule has 1 saturated heterocycles. The second-order valence-electron chi connectivity index (χ2n) is 5.96. The van der Waals surface area contributed by atoms with Gasteiger partial charge in [0.15, 0.2) is 0 Å². The van der Waals surface area contributed by atoms with E-state index in [9.17, 15) is 9.59 Å². The second kappa shape index (κ2) is 6.30. The fourth-order valence-electron chi connectivity index (χ4n) is 3.09. The van der Waals surface area contributed by atoms with Crippen molar-refractivity contribution in [3.63, 3.8) is 0 Å². The number of benzene rings is 1. The molecule has 0 radical (unpaired) electrons. The SMILES string of the molecule is CC1CCCCN1C(=O)CCc1nc2ccccc2c(=O)[nH]1. The van der Waals surface area contributed by atoms with Crippen molar-refractivity contribution in [2.45, 2.75) is 45.1 Å². The Labute approximate surface area is 129 Å². The van der Waals surface area contributed by atoms with Gasteiger partial charge in [0.2, 0.25) is 5.91 Å². The van der Waals surface area contributed by atoms with Crippen LogP contribution >= 0.6 is 0 Å². The number of carbonyl (C=O) groups is 1. The molecule has 1 fully saturated rings. The lowest BCUT2D eigenvalue weighted by molar-refractivity contribution is -0.134.